The van der Waals surface area contributed by atoms with Crippen LogP contribution in [0, 0.1) is 5.41 Å². The molecule has 0 aliphatic heterocycles. The van der Waals surface area contributed by atoms with Gasteiger partial charge in [0, 0.05) is 12.9 Å². The molecule has 0 aliphatic carbocycles. The highest BCUT2D eigenvalue weighted by Gasteiger charge is 2.15. The third-order valence-electron chi connectivity index (χ3n) is 0.776. The van der Waals surface area contributed by atoms with Crippen LogP contribution in [0.4, 0.5) is 0 Å². The first-order valence-corrected chi connectivity index (χ1v) is 3.16. The first-order valence-electron chi connectivity index (χ1n) is 2.80. The largest absolute Gasteiger partial charge is 0.395 e. The molecule has 0 fully saturated rings. The fourth-order valence-electron chi connectivity index (χ4n) is 0.465. The second-order valence-corrected chi connectivity index (χ2v) is 3.38. The molecule has 2 nitrogen and oxygen atoms in total. The molecular formula is C6H12O2S. The van der Waals surface area contributed by atoms with Gasteiger partial charge in [0.2, 0.25) is 0 Å². The van der Waals surface area contributed by atoms with Gasteiger partial charge in [-0.05, 0) is 5.41 Å². The number of carbonyl (C=O) groups is 1. The van der Waals surface area contributed by atoms with Gasteiger partial charge in [-0.3, -0.25) is 4.79 Å². The van der Waals surface area contributed by atoms with Crippen molar-refractivity contribution in [2.75, 3.05) is 0 Å². The van der Waals surface area contributed by atoms with Crippen LogP contribution in [-0.2, 0) is 8.98 Å². The Hall–Kier alpha value is -0.180. The minimum Gasteiger partial charge on any atom is -0.395 e. The minimum atomic E-state index is -0.272. The van der Waals surface area contributed by atoms with Crippen molar-refractivity contribution in [2.45, 2.75) is 27.2 Å². The Morgan fingerprint density at radius 2 is 2.00 bits per heavy atom. The van der Waals surface area contributed by atoms with Crippen molar-refractivity contribution >= 4 is 18.9 Å². The normalized spacial score (nSPS) is 11.1. The summed E-state index contributed by atoms with van der Waals surface area (Å²) in [4.78, 5) is 10.5. The van der Waals surface area contributed by atoms with Crippen LogP contribution in [0.5, 0.6) is 0 Å². The third kappa shape index (κ3) is 5.69. The van der Waals surface area contributed by atoms with Gasteiger partial charge in [0.1, 0.15) is 0 Å². The molecule has 0 aromatic rings. The van der Waals surface area contributed by atoms with E-state index in [4.69, 9.17) is 0 Å². The lowest BCUT2D eigenvalue weighted by Gasteiger charge is -2.14. The number of rotatable bonds is 1. The smallest absolute Gasteiger partial charge is 0.318 e. The van der Waals surface area contributed by atoms with Gasteiger partial charge in [-0.25, -0.2) is 0 Å². The quantitative estimate of drug-likeness (QED) is 0.453. The summed E-state index contributed by atoms with van der Waals surface area (Å²) in [7, 11) is 0. The number of carbonyl (C=O) groups excluding carboxylic acids is 1. The third-order valence-corrected chi connectivity index (χ3v) is 0.980. The van der Waals surface area contributed by atoms with Crippen LogP contribution in [0.2, 0.25) is 0 Å². The van der Waals surface area contributed by atoms with E-state index in [1.165, 1.54) is 0 Å². The van der Waals surface area contributed by atoms with Crippen LogP contribution in [0.15, 0.2) is 0 Å². The van der Waals surface area contributed by atoms with Gasteiger partial charge in [-0.1, -0.05) is 20.8 Å². The highest BCUT2D eigenvalue weighted by Crippen LogP contribution is 2.18. The summed E-state index contributed by atoms with van der Waals surface area (Å²) in [6.07, 6.45) is 0.413. The Bertz CT molecular complexity index is 104. The number of thiol groups is 1. The lowest BCUT2D eigenvalue weighted by atomic mass is 9.93. The van der Waals surface area contributed by atoms with Crippen molar-refractivity contribution in [1.29, 1.82) is 0 Å². The molecule has 0 N–H and O–H groups in total. The molecule has 0 aromatic carbocycles. The molecule has 0 atom stereocenters. The Balaban J connectivity index is 3.60. The van der Waals surface area contributed by atoms with Crippen molar-refractivity contribution in [3.05, 3.63) is 0 Å². The molecule has 0 spiro atoms. The summed E-state index contributed by atoms with van der Waals surface area (Å²) in [5.74, 6) is -0.272. The molecule has 0 saturated carbocycles. The van der Waals surface area contributed by atoms with Crippen molar-refractivity contribution in [1.82, 2.24) is 0 Å². The van der Waals surface area contributed by atoms with Crippen LogP contribution in [-0.4, -0.2) is 5.97 Å². The summed E-state index contributed by atoms with van der Waals surface area (Å²) in [6, 6.07) is 0. The standard InChI is InChI=1S/C6H12O2S/c1-6(2,3)4-5(7)8-9/h9H,4H2,1-3H3. The van der Waals surface area contributed by atoms with Gasteiger partial charge in [0.25, 0.3) is 0 Å². The molecule has 0 bridgehead atoms. The van der Waals surface area contributed by atoms with Gasteiger partial charge < -0.3 is 4.18 Å². The molecule has 9 heavy (non-hydrogen) atoms. The second kappa shape index (κ2) is 3.11. The fourth-order valence-corrected chi connectivity index (χ4v) is 0.530. The summed E-state index contributed by atoms with van der Waals surface area (Å²) >= 11 is 3.38. The molecule has 3 heteroatoms. The van der Waals surface area contributed by atoms with Gasteiger partial charge in [0.15, 0.2) is 0 Å². The monoisotopic (exact) mass is 148 g/mol. The Morgan fingerprint density at radius 1 is 1.56 bits per heavy atom. The van der Waals surface area contributed by atoms with Crippen molar-refractivity contribution in [3.63, 3.8) is 0 Å². The van der Waals surface area contributed by atoms with Crippen LogP contribution >= 0.6 is 12.9 Å². The first-order chi connectivity index (χ1) is 3.95. The van der Waals surface area contributed by atoms with E-state index in [-0.39, 0.29) is 11.4 Å². The summed E-state index contributed by atoms with van der Waals surface area (Å²) in [6.45, 7) is 5.91. The molecule has 0 amide bonds. The fraction of sp³-hybridized carbons (Fsp3) is 0.833. The molecule has 0 unspecified atom stereocenters. The highest BCUT2D eigenvalue weighted by molar-refractivity contribution is 7.75. The molecule has 0 heterocycles. The van der Waals surface area contributed by atoms with E-state index in [1.54, 1.807) is 0 Å². The zero-order valence-corrected chi connectivity index (χ0v) is 6.87. The van der Waals surface area contributed by atoms with Crippen molar-refractivity contribution in [2.24, 2.45) is 5.41 Å². The van der Waals surface area contributed by atoms with Crippen molar-refractivity contribution < 1.29 is 8.98 Å². The predicted molar refractivity (Wildman–Crippen MR) is 39.2 cm³/mol. The molecule has 0 radical (unpaired) electrons. The van der Waals surface area contributed by atoms with Crippen molar-refractivity contribution in [3.8, 4) is 0 Å². The molecular weight excluding hydrogens is 136 g/mol. The lowest BCUT2D eigenvalue weighted by Crippen LogP contribution is -2.12. The Morgan fingerprint density at radius 3 is 2.11 bits per heavy atom. The summed E-state index contributed by atoms with van der Waals surface area (Å²) < 4.78 is 4.18. The SMILES string of the molecule is CC(C)(C)CC(=O)OS. The average molecular weight is 148 g/mol. The predicted octanol–water partition coefficient (Wildman–Crippen LogP) is 1.81. The minimum absolute atomic E-state index is 0.000185. The topological polar surface area (TPSA) is 26.3 Å². The first kappa shape index (κ1) is 8.82. The molecule has 0 aromatic heterocycles. The molecule has 54 valence electrons. The van der Waals surface area contributed by atoms with E-state index in [2.05, 4.69) is 17.1 Å². The van der Waals surface area contributed by atoms with Gasteiger partial charge in [-0.15, -0.1) is 0 Å². The maximum atomic E-state index is 10.5. The maximum Gasteiger partial charge on any atom is 0.318 e. The zero-order chi connectivity index (χ0) is 7.49. The second-order valence-electron chi connectivity index (χ2n) is 3.20. The van der Waals surface area contributed by atoms with Crippen LogP contribution < -0.4 is 0 Å². The van der Waals surface area contributed by atoms with Crippen LogP contribution in [0.3, 0.4) is 0 Å². The molecule has 0 rings (SSSR count). The highest BCUT2D eigenvalue weighted by atomic mass is 32.1. The van der Waals surface area contributed by atoms with E-state index in [1.807, 2.05) is 20.8 Å². The number of hydrogen-bond acceptors (Lipinski definition) is 3. The van der Waals surface area contributed by atoms with E-state index >= 15 is 0 Å². The Kier molecular flexibility index (Phi) is 3.04. The molecule has 0 aliphatic rings. The van der Waals surface area contributed by atoms with E-state index in [0.29, 0.717) is 6.42 Å². The van der Waals surface area contributed by atoms with Gasteiger partial charge in [0.05, 0.1) is 6.42 Å². The summed E-state index contributed by atoms with van der Waals surface area (Å²) in [5, 5.41) is 0. The van der Waals surface area contributed by atoms with E-state index < -0.39 is 0 Å². The van der Waals surface area contributed by atoms with Gasteiger partial charge in [-0.2, -0.15) is 0 Å². The zero-order valence-electron chi connectivity index (χ0n) is 5.97. The summed E-state index contributed by atoms with van der Waals surface area (Å²) in [5.41, 5.74) is -0.000185. The maximum absolute atomic E-state index is 10.5. The molecule has 0 saturated heterocycles. The van der Waals surface area contributed by atoms with Crippen LogP contribution in [0.1, 0.15) is 27.2 Å². The average Bonchev–Trinajstić information content (AvgIpc) is 1.62. The number of hydrogen-bond donors (Lipinski definition) is 1. The van der Waals surface area contributed by atoms with Gasteiger partial charge >= 0.3 is 5.97 Å². The van der Waals surface area contributed by atoms with E-state index in [9.17, 15) is 4.79 Å². The van der Waals surface area contributed by atoms with Crippen LogP contribution in [0.25, 0.3) is 0 Å². The van der Waals surface area contributed by atoms with E-state index in [0.717, 1.165) is 0 Å². The lowest BCUT2D eigenvalue weighted by molar-refractivity contribution is -0.134. The Labute approximate surface area is 61.2 Å².